The molecular weight excluding hydrogens is 517 g/mol. The summed E-state index contributed by atoms with van der Waals surface area (Å²) in [7, 11) is -1.78. The molecule has 0 bridgehead atoms. The Bertz CT molecular complexity index is 1620. The summed E-state index contributed by atoms with van der Waals surface area (Å²) in [4.78, 5) is 28.6. The van der Waals surface area contributed by atoms with E-state index in [4.69, 9.17) is 0 Å². The first-order valence-electron chi connectivity index (χ1n) is 11.1. The normalized spacial score (nSPS) is 14.6. The van der Waals surface area contributed by atoms with Gasteiger partial charge in [0.15, 0.2) is 0 Å². The molecule has 12 heteroatoms. The molecule has 2 aromatic carbocycles. The lowest BCUT2D eigenvalue weighted by Crippen LogP contribution is -2.30. The molecule has 1 aliphatic carbocycles. The Hall–Kier alpha value is -3.80. The number of benzene rings is 2. The number of alkyl halides is 3. The number of aromatic nitrogens is 2. The number of carbonyl (C=O) groups excluding carboxylic acids is 1. The third-order valence-electron chi connectivity index (χ3n) is 6.05. The molecule has 1 fully saturated rings. The van der Waals surface area contributed by atoms with E-state index < -0.39 is 52.4 Å². The molecule has 4 aromatic rings. The molecule has 2 N–H and O–H groups in total. The highest BCUT2D eigenvalue weighted by atomic mass is 32.2. The summed E-state index contributed by atoms with van der Waals surface area (Å²) in [5.41, 5.74) is -2.40. The number of hydrogen-bond donors (Lipinski definition) is 2. The van der Waals surface area contributed by atoms with Crippen LogP contribution in [-0.2, 0) is 23.7 Å². The van der Waals surface area contributed by atoms with Crippen LogP contribution in [0.4, 0.5) is 22.0 Å². The number of fused-ring (bicyclic) bond motifs is 1. The molecule has 5 rings (SSSR count). The average Bonchev–Trinajstić information content (AvgIpc) is 3.64. The van der Waals surface area contributed by atoms with E-state index in [0.717, 1.165) is 36.4 Å². The minimum atomic E-state index is -4.73. The maximum atomic E-state index is 14.6. The number of H-pyrrole nitrogens is 1. The number of nitrogens with one attached hydrogen (secondary N) is 2. The molecule has 0 saturated heterocycles. The van der Waals surface area contributed by atoms with E-state index in [1.165, 1.54) is 22.9 Å². The van der Waals surface area contributed by atoms with Gasteiger partial charge >= 0.3 is 6.18 Å². The van der Waals surface area contributed by atoms with Crippen molar-refractivity contribution in [3.05, 3.63) is 93.5 Å². The molecule has 1 atom stereocenters. The van der Waals surface area contributed by atoms with Gasteiger partial charge in [-0.25, -0.2) is 13.0 Å². The molecular formula is C25H18F5N3O3S. The van der Waals surface area contributed by atoms with Crippen molar-refractivity contribution in [2.45, 2.75) is 30.8 Å². The van der Waals surface area contributed by atoms with Crippen molar-refractivity contribution in [1.29, 1.82) is 0 Å². The van der Waals surface area contributed by atoms with Crippen LogP contribution in [0.25, 0.3) is 22.0 Å². The lowest BCUT2D eigenvalue weighted by atomic mass is 10.0. The Morgan fingerprint density at radius 3 is 2.54 bits per heavy atom. The van der Waals surface area contributed by atoms with Gasteiger partial charge in [0, 0.05) is 33.8 Å². The van der Waals surface area contributed by atoms with E-state index in [1.807, 2.05) is 0 Å². The second kappa shape index (κ2) is 9.25. The van der Waals surface area contributed by atoms with Crippen LogP contribution in [0.2, 0.25) is 0 Å². The molecule has 0 radical (unpaired) electrons. The number of amides is 1. The van der Waals surface area contributed by atoms with Gasteiger partial charge in [-0.3, -0.25) is 14.3 Å². The highest BCUT2D eigenvalue weighted by Gasteiger charge is 2.35. The number of pyridine rings is 1. The van der Waals surface area contributed by atoms with Gasteiger partial charge < -0.3 is 9.55 Å². The van der Waals surface area contributed by atoms with Crippen LogP contribution in [-0.4, -0.2) is 24.9 Å². The summed E-state index contributed by atoms with van der Waals surface area (Å²) in [5.74, 6) is -2.49. The highest BCUT2D eigenvalue weighted by molar-refractivity contribution is 7.84. The topological polar surface area (TPSA) is 84.0 Å². The van der Waals surface area contributed by atoms with Crippen LogP contribution in [0.5, 0.6) is 0 Å². The third kappa shape index (κ3) is 4.80. The van der Waals surface area contributed by atoms with Gasteiger partial charge in [0.1, 0.15) is 28.3 Å². The average molecular weight is 535 g/mol. The Labute approximate surface area is 208 Å². The number of aromatic amines is 1. The summed E-state index contributed by atoms with van der Waals surface area (Å²) in [6.07, 6.45) is -2.16. The van der Waals surface area contributed by atoms with Crippen molar-refractivity contribution in [2.24, 2.45) is 0 Å². The van der Waals surface area contributed by atoms with E-state index in [9.17, 15) is 35.8 Å². The summed E-state index contributed by atoms with van der Waals surface area (Å²) < 4.78 is 85.5. The summed E-state index contributed by atoms with van der Waals surface area (Å²) in [6.45, 7) is -0.449. The minimum Gasteiger partial charge on any atom is -0.331 e. The zero-order valence-corrected chi connectivity index (χ0v) is 19.7. The molecule has 0 spiro atoms. The van der Waals surface area contributed by atoms with Gasteiger partial charge in [0.25, 0.3) is 11.5 Å². The minimum absolute atomic E-state index is 0.0669. The Kier molecular flexibility index (Phi) is 6.22. The fourth-order valence-electron chi connectivity index (χ4n) is 4.16. The summed E-state index contributed by atoms with van der Waals surface area (Å²) >= 11 is 0. The van der Waals surface area contributed by atoms with Crippen molar-refractivity contribution < 1.29 is 31.0 Å². The monoisotopic (exact) mass is 535 g/mol. The SMILES string of the molecule is O=C(NS(=O)C1CC1)c1c(-c2ccc[nH]c2=O)c2cc(C(F)(F)F)ccc2n1Cc1cc(F)ccc1F. The Morgan fingerprint density at radius 1 is 1.11 bits per heavy atom. The molecule has 6 nitrogen and oxygen atoms in total. The predicted octanol–water partition coefficient (Wildman–Crippen LogP) is 4.90. The fraction of sp³-hybridized carbons (Fsp3) is 0.200. The number of halogens is 5. The van der Waals surface area contributed by atoms with Crippen LogP contribution >= 0.6 is 0 Å². The highest BCUT2D eigenvalue weighted by Crippen LogP contribution is 2.39. The lowest BCUT2D eigenvalue weighted by Gasteiger charge is -2.13. The molecule has 1 amide bonds. The number of carbonyl (C=O) groups is 1. The number of rotatable bonds is 6. The van der Waals surface area contributed by atoms with E-state index in [0.29, 0.717) is 12.8 Å². The van der Waals surface area contributed by atoms with E-state index in [-0.39, 0.29) is 38.5 Å². The molecule has 192 valence electrons. The maximum absolute atomic E-state index is 14.6. The quantitative estimate of drug-likeness (QED) is 0.345. The lowest BCUT2D eigenvalue weighted by molar-refractivity contribution is -0.137. The zero-order chi connectivity index (χ0) is 26.5. The fourth-order valence-corrected chi connectivity index (χ4v) is 5.17. The van der Waals surface area contributed by atoms with Crippen LogP contribution in [0.3, 0.4) is 0 Å². The van der Waals surface area contributed by atoms with Gasteiger partial charge in [-0.1, -0.05) is 0 Å². The van der Waals surface area contributed by atoms with Gasteiger partial charge in [-0.2, -0.15) is 13.2 Å². The van der Waals surface area contributed by atoms with Crippen LogP contribution in [0, 0.1) is 11.6 Å². The van der Waals surface area contributed by atoms with Crippen LogP contribution in [0.1, 0.15) is 34.5 Å². The summed E-state index contributed by atoms with van der Waals surface area (Å²) in [5, 5.41) is -0.367. The molecule has 1 unspecified atom stereocenters. The molecule has 2 heterocycles. The molecule has 0 aliphatic heterocycles. The van der Waals surface area contributed by atoms with E-state index in [2.05, 4.69) is 9.71 Å². The Morgan fingerprint density at radius 2 is 1.86 bits per heavy atom. The van der Waals surface area contributed by atoms with E-state index in [1.54, 1.807) is 0 Å². The van der Waals surface area contributed by atoms with Gasteiger partial charge in [-0.15, -0.1) is 0 Å². The van der Waals surface area contributed by atoms with Crippen molar-refractivity contribution >= 4 is 27.8 Å². The Balaban J connectivity index is 1.83. The number of nitrogens with zero attached hydrogens (tertiary/aromatic N) is 1. The zero-order valence-electron chi connectivity index (χ0n) is 18.9. The second-order valence-corrected chi connectivity index (χ2v) is 10.1. The first-order valence-corrected chi connectivity index (χ1v) is 12.3. The largest absolute Gasteiger partial charge is 0.416 e. The molecule has 2 aromatic heterocycles. The van der Waals surface area contributed by atoms with E-state index >= 15 is 0 Å². The van der Waals surface area contributed by atoms with Crippen molar-refractivity contribution in [1.82, 2.24) is 14.3 Å². The molecule has 37 heavy (non-hydrogen) atoms. The predicted molar refractivity (Wildman–Crippen MR) is 127 cm³/mol. The van der Waals surface area contributed by atoms with Crippen LogP contribution < -0.4 is 10.3 Å². The van der Waals surface area contributed by atoms with Crippen molar-refractivity contribution in [3.8, 4) is 11.1 Å². The molecule has 1 saturated carbocycles. The van der Waals surface area contributed by atoms with Gasteiger partial charge in [0.05, 0.1) is 17.4 Å². The first kappa shape index (κ1) is 24.9. The van der Waals surface area contributed by atoms with Gasteiger partial charge in [-0.05, 0) is 61.4 Å². The second-order valence-electron chi connectivity index (χ2n) is 8.62. The molecule has 1 aliphatic rings. The third-order valence-corrected chi connectivity index (χ3v) is 7.51. The van der Waals surface area contributed by atoms with Crippen LogP contribution in [0.15, 0.2) is 59.5 Å². The standard InChI is InChI=1S/C25H18F5N3O3S/c26-15-4-7-19(27)13(10-15)12-33-20-8-3-14(25(28,29)30)11-18(20)21(17-2-1-9-31-23(17)34)22(33)24(35)32-37(36)16-5-6-16/h1-4,7-11,16H,5-6,12H2,(H,31,34)(H,32,35). The number of hydrogen-bond acceptors (Lipinski definition) is 3. The van der Waals surface area contributed by atoms with Crippen molar-refractivity contribution in [2.75, 3.05) is 0 Å². The van der Waals surface area contributed by atoms with Crippen molar-refractivity contribution in [3.63, 3.8) is 0 Å². The van der Waals surface area contributed by atoms with Gasteiger partial charge in [0.2, 0.25) is 0 Å². The first-order chi connectivity index (χ1) is 17.5. The smallest absolute Gasteiger partial charge is 0.331 e. The summed E-state index contributed by atoms with van der Waals surface area (Å²) in [6, 6.07) is 8.16. The maximum Gasteiger partial charge on any atom is 0.416 e.